The SMILES string of the molecule is CC1CCC(C#N)(Cc2ccn(C)n2)CC1. The van der Waals surface area contributed by atoms with E-state index in [1.54, 1.807) is 0 Å². The van der Waals surface area contributed by atoms with Gasteiger partial charge in [0, 0.05) is 19.7 Å². The summed E-state index contributed by atoms with van der Waals surface area (Å²) in [6.07, 6.45) is 7.19. The van der Waals surface area contributed by atoms with Gasteiger partial charge in [0.25, 0.3) is 0 Å². The molecule has 86 valence electrons. The average Bonchev–Trinajstić information content (AvgIpc) is 2.68. The lowest BCUT2D eigenvalue weighted by molar-refractivity contribution is 0.217. The molecule has 0 bridgehead atoms. The number of nitriles is 1. The molecular weight excluding hydrogens is 198 g/mol. The van der Waals surface area contributed by atoms with Crippen molar-refractivity contribution in [2.45, 2.75) is 39.0 Å². The van der Waals surface area contributed by atoms with Gasteiger partial charge in [-0.25, -0.2) is 0 Å². The van der Waals surface area contributed by atoms with Crippen molar-refractivity contribution < 1.29 is 0 Å². The van der Waals surface area contributed by atoms with Gasteiger partial charge in [-0.3, -0.25) is 4.68 Å². The molecule has 2 rings (SSSR count). The summed E-state index contributed by atoms with van der Waals surface area (Å²) >= 11 is 0. The Morgan fingerprint density at radius 1 is 1.56 bits per heavy atom. The zero-order valence-electron chi connectivity index (χ0n) is 10.1. The maximum atomic E-state index is 9.41. The molecule has 1 aliphatic carbocycles. The lowest BCUT2D eigenvalue weighted by Gasteiger charge is -2.33. The quantitative estimate of drug-likeness (QED) is 0.764. The van der Waals surface area contributed by atoms with Gasteiger partial charge in [0.15, 0.2) is 0 Å². The molecule has 1 aliphatic rings. The Morgan fingerprint density at radius 3 is 2.75 bits per heavy atom. The first-order valence-electron chi connectivity index (χ1n) is 6.03. The summed E-state index contributed by atoms with van der Waals surface area (Å²) in [4.78, 5) is 0. The molecule has 0 amide bonds. The number of rotatable bonds is 2. The molecular formula is C13H19N3. The number of hydrogen-bond donors (Lipinski definition) is 0. The van der Waals surface area contributed by atoms with Crippen molar-refractivity contribution in [3.05, 3.63) is 18.0 Å². The summed E-state index contributed by atoms with van der Waals surface area (Å²) in [6.45, 7) is 2.28. The third-order valence-corrected chi connectivity index (χ3v) is 3.76. The summed E-state index contributed by atoms with van der Waals surface area (Å²) in [5.74, 6) is 0.783. The molecule has 0 aromatic carbocycles. The minimum absolute atomic E-state index is 0.152. The van der Waals surface area contributed by atoms with Crippen LogP contribution in [-0.4, -0.2) is 9.78 Å². The third kappa shape index (κ3) is 2.27. The molecule has 3 heteroatoms. The minimum Gasteiger partial charge on any atom is -0.276 e. The van der Waals surface area contributed by atoms with Crippen molar-refractivity contribution in [3.63, 3.8) is 0 Å². The Hall–Kier alpha value is -1.30. The highest BCUT2D eigenvalue weighted by Gasteiger charge is 2.35. The lowest BCUT2D eigenvalue weighted by atomic mass is 9.69. The summed E-state index contributed by atoms with van der Waals surface area (Å²) < 4.78 is 1.81. The van der Waals surface area contributed by atoms with Crippen LogP contribution in [0.5, 0.6) is 0 Å². The zero-order valence-corrected chi connectivity index (χ0v) is 10.1. The maximum absolute atomic E-state index is 9.41. The lowest BCUT2D eigenvalue weighted by Crippen LogP contribution is -2.27. The smallest absolute Gasteiger partial charge is 0.0693 e. The molecule has 1 fully saturated rings. The van der Waals surface area contributed by atoms with Crippen LogP contribution in [-0.2, 0) is 13.5 Å². The Labute approximate surface area is 97.1 Å². The second kappa shape index (κ2) is 4.29. The van der Waals surface area contributed by atoms with Gasteiger partial charge in [0.1, 0.15) is 0 Å². The van der Waals surface area contributed by atoms with Gasteiger partial charge in [-0.05, 0) is 37.7 Å². The average molecular weight is 217 g/mol. The van der Waals surface area contributed by atoms with Crippen LogP contribution in [0.25, 0.3) is 0 Å². The predicted octanol–water partition coefficient (Wildman–Crippen LogP) is 2.68. The van der Waals surface area contributed by atoms with Gasteiger partial charge in [0.05, 0.1) is 17.2 Å². The van der Waals surface area contributed by atoms with Crippen molar-refractivity contribution in [1.29, 1.82) is 5.26 Å². The van der Waals surface area contributed by atoms with E-state index in [2.05, 4.69) is 18.1 Å². The first-order valence-corrected chi connectivity index (χ1v) is 6.03. The second-order valence-corrected chi connectivity index (χ2v) is 5.23. The van der Waals surface area contributed by atoms with Crippen molar-refractivity contribution in [2.75, 3.05) is 0 Å². The van der Waals surface area contributed by atoms with Crippen molar-refractivity contribution in [1.82, 2.24) is 9.78 Å². The molecule has 0 atom stereocenters. The van der Waals surface area contributed by atoms with Crippen LogP contribution in [0.1, 0.15) is 38.3 Å². The highest BCUT2D eigenvalue weighted by atomic mass is 15.2. The summed E-state index contributed by atoms with van der Waals surface area (Å²) in [5, 5.41) is 13.8. The van der Waals surface area contributed by atoms with E-state index < -0.39 is 0 Å². The van der Waals surface area contributed by atoms with E-state index in [0.717, 1.165) is 30.9 Å². The molecule has 0 unspecified atom stereocenters. The van der Waals surface area contributed by atoms with Gasteiger partial charge in [-0.1, -0.05) is 6.92 Å². The van der Waals surface area contributed by atoms with Gasteiger partial charge in [-0.15, -0.1) is 0 Å². The fraction of sp³-hybridized carbons (Fsp3) is 0.692. The Balaban J connectivity index is 2.08. The zero-order chi connectivity index (χ0) is 11.6. The first-order chi connectivity index (χ1) is 7.63. The Kier molecular flexibility index (Phi) is 3.00. The van der Waals surface area contributed by atoms with Crippen LogP contribution in [0, 0.1) is 22.7 Å². The van der Waals surface area contributed by atoms with Crippen LogP contribution in [0.2, 0.25) is 0 Å². The van der Waals surface area contributed by atoms with E-state index in [1.807, 2.05) is 24.0 Å². The fourth-order valence-corrected chi connectivity index (χ4v) is 2.55. The van der Waals surface area contributed by atoms with Crippen LogP contribution in [0.15, 0.2) is 12.3 Å². The molecule has 0 spiro atoms. The molecule has 0 aliphatic heterocycles. The molecule has 0 saturated heterocycles. The summed E-state index contributed by atoms with van der Waals surface area (Å²) in [6, 6.07) is 4.57. The largest absolute Gasteiger partial charge is 0.276 e. The molecule has 0 N–H and O–H groups in total. The highest BCUT2D eigenvalue weighted by molar-refractivity contribution is 5.11. The number of hydrogen-bond acceptors (Lipinski definition) is 2. The van der Waals surface area contributed by atoms with Gasteiger partial charge < -0.3 is 0 Å². The van der Waals surface area contributed by atoms with E-state index in [1.165, 1.54) is 12.8 Å². The number of aromatic nitrogens is 2. The number of nitrogens with zero attached hydrogens (tertiary/aromatic N) is 3. The standard InChI is InChI=1S/C13H19N3/c1-11-3-6-13(10-14,7-4-11)9-12-5-8-16(2)15-12/h5,8,11H,3-4,6-7,9H2,1-2H3. The first kappa shape index (κ1) is 11.2. The Morgan fingerprint density at radius 2 is 2.25 bits per heavy atom. The van der Waals surface area contributed by atoms with E-state index in [9.17, 15) is 5.26 Å². The van der Waals surface area contributed by atoms with Crippen LogP contribution >= 0.6 is 0 Å². The van der Waals surface area contributed by atoms with E-state index in [0.29, 0.717) is 0 Å². The van der Waals surface area contributed by atoms with E-state index in [4.69, 9.17) is 0 Å². The third-order valence-electron chi connectivity index (χ3n) is 3.76. The molecule has 16 heavy (non-hydrogen) atoms. The second-order valence-electron chi connectivity index (χ2n) is 5.23. The molecule has 1 aromatic rings. The minimum atomic E-state index is -0.152. The van der Waals surface area contributed by atoms with Crippen LogP contribution in [0.4, 0.5) is 0 Å². The van der Waals surface area contributed by atoms with E-state index >= 15 is 0 Å². The molecule has 3 nitrogen and oxygen atoms in total. The summed E-state index contributed by atoms with van der Waals surface area (Å²) in [5.41, 5.74) is 0.902. The topological polar surface area (TPSA) is 41.6 Å². The normalized spacial score (nSPS) is 29.9. The van der Waals surface area contributed by atoms with Crippen LogP contribution < -0.4 is 0 Å². The van der Waals surface area contributed by atoms with Crippen molar-refractivity contribution in [3.8, 4) is 6.07 Å². The molecule has 1 aromatic heterocycles. The van der Waals surface area contributed by atoms with Crippen molar-refractivity contribution >= 4 is 0 Å². The molecule has 1 heterocycles. The van der Waals surface area contributed by atoms with E-state index in [-0.39, 0.29) is 5.41 Å². The summed E-state index contributed by atoms with van der Waals surface area (Å²) in [7, 11) is 1.92. The predicted molar refractivity (Wildman–Crippen MR) is 62.6 cm³/mol. The molecule has 1 saturated carbocycles. The Bertz CT molecular complexity index is 392. The monoisotopic (exact) mass is 217 g/mol. The van der Waals surface area contributed by atoms with Gasteiger partial charge >= 0.3 is 0 Å². The fourth-order valence-electron chi connectivity index (χ4n) is 2.55. The maximum Gasteiger partial charge on any atom is 0.0693 e. The number of aryl methyl sites for hydroxylation is 1. The van der Waals surface area contributed by atoms with Crippen molar-refractivity contribution in [2.24, 2.45) is 18.4 Å². The van der Waals surface area contributed by atoms with Crippen LogP contribution in [0.3, 0.4) is 0 Å². The van der Waals surface area contributed by atoms with Gasteiger partial charge in [-0.2, -0.15) is 10.4 Å². The molecule has 0 radical (unpaired) electrons. The van der Waals surface area contributed by atoms with Gasteiger partial charge in [0.2, 0.25) is 0 Å². The highest BCUT2D eigenvalue weighted by Crippen LogP contribution is 2.40.